The van der Waals surface area contributed by atoms with E-state index in [9.17, 15) is 0 Å². The van der Waals surface area contributed by atoms with Crippen molar-refractivity contribution in [2.75, 3.05) is 26.2 Å². The van der Waals surface area contributed by atoms with Gasteiger partial charge < -0.3 is 5.32 Å². The van der Waals surface area contributed by atoms with Crippen LogP contribution < -0.4 is 5.32 Å². The Morgan fingerprint density at radius 1 is 1.10 bits per heavy atom. The van der Waals surface area contributed by atoms with Gasteiger partial charge in [-0.1, -0.05) is 29.8 Å². The van der Waals surface area contributed by atoms with E-state index in [4.69, 9.17) is 0 Å². The van der Waals surface area contributed by atoms with Crippen LogP contribution in [0, 0.1) is 13.8 Å². The van der Waals surface area contributed by atoms with Gasteiger partial charge in [-0.25, -0.2) is 0 Å². The van der Waals surface area contributed by atoms with Gasteiger partial charge in [0.05, 0.1) is 6.04 Å². The van der Waals surface area contributed by atoms with Crippen LogP contribution in [0.1, 0.15) is 27.6 Å². The number of rotatable bonds is 3. The molecule has 1 aromatic carbocycles. The van der Waals surface area contributed by atoms with Crippen LogP contribution in [-0.2, 0) is 0 Å². The van der Waals surface area contributed by atoms with E-state index in [0.29, 0.717) is 6.04 Å². The van der Waals surface area contributed by atoms with E-state index < -0.39 is 0 Å². The standard InChI is InChI=1S/C17H22N2S/c1-13-4-3-5-15(10-13)17(16-11-14(2)12-20-16)19-8-6-18-7-9-19/h3-5,10-12,17-18H,6-9H2,1-2H3. The molecule has 0 bridgehead atoms. The normalized spacial score (nSPS) is 18.1. The number of thiophene rings is 1. The van der Waals surface area contributed by atoms with Crippen LogP contribution in [0.3, 0.4) is 0 Å². The molecule has 3 heteroatoms. The van der Waals surface area contributed by atoms with Gasteiger partial charge in [0.2, 0.25) is 0 Å². The Hall–Kier alpha value is -1.16. The third kappa shape index (κ3) is 2.95. The third-order valence-corrected chi connectivity index (χ3v) is 5.00. The molecule has 2 aromatic rings. The highest BCUT2D eigenvalue weighted by Crippen LogP contribution is 2.33. The Bertz CT molecular complexity index is 570. The molecular weight excluding hydrogens is 264 g/mol. The van der Waals surface area contributed by atoms with Gasteiger partial charge in [0.1, 0.15) is 0 Å². The van der Waals surface area contributed by atoms with Crippen LogP contribution in [0.4, 0.5) is 0 Å². The number of benzene rings is 1. The Balaban J connectivity index is 1.98. The fourth-order valence-electron chi connectivity index (χ4n) is 2.93. The Morgan fingerprint density at radius 3 is 2.55 bits per heavy atom. The molecule has 1 unspecified atom stereocenters. The maximum Gasteiger partial charge on any atom is 0.0697 e. The second kappa shape index (κ2) is 6.08. The van der Waals surface area contributed by atoms with E-state index in [2.05, 4.69) is 59.8 Å². The minimum atomic E-state index is 0.413. The molecule has 3 rings (SSSR count). The van der Waals surface area contributed by atoms with Crippen LogP contribution >= 0.6 is 11.3 Å². The molecule has 0 saturated carbocycles. The van der Waals surface area contributed by atoms with Crippen molar-refractivity contribution in [3.05, 3.63) is 57.3 Å². The Kier molecular flexibility index (Phi) is 4.20. The van der Waals surface area contributed by atoms with Crippen molar-refractivity contribution >= 4 is 11.3 Å². The van der Waals surface area contributed by atoms with Crippen molar-refractivity contribution in [2.45, 2.75) is 19.9 Å². The molecule has 1 aliphatic heterocycles. The van der Waals surface area contributed by atoms with E-state index in [-0.39, 0.29) is 0 Å². The highest BCUT2D eigenvalue weighted by molar-refractivity contribution is 7.10. The first-order valence-electron chi connectivity index (χ1n) is 7.30. The Labute approximate surface area is 125 Å². The van der Waals surface area contributed by atoms with Gasteiger partial charge in [-0.05, 0) is 36.4 Å². The fourth-order valence-corrected chi connectivity index (χ4v) is 3.99. The highest BCUT2D eigenvalue weighted by atomic mass is 32.1. The zero-order chi connectivity index (χ0) is 13.9. The maximum absolute atomic E-state index is 3.45. The molecule has 2 heterocycles. The molecular formula is C17H22N2S. The lowest BCUT2D eigenvalue weighted by Gasteiger charge is -2.35. The average Bonchev–Trinajstić information content (AvgIpc) is 2.87. The van der Waals surface area contributed by atoms with E-state index in [1.54, 1.807) is 0 Å². The van der Waals surface area contributed by atoms with Crippen LogP contribution in [-0.4, -0.2) is 31.1 Å². The largest absolute Gasteiger partial charge is 0.314 e. The molecule has 1 aliphatic rings. The molecule has 20 heavy (non-hydrogen) atoms. The van der Waals surface area contributed by atoms with Crippen molar-refractivity contribution in [3.63, 3.8) is 0 Å². The first-order chi connectivity index (χ1) is 9.74. The summed E-state index contributed by atoms with van der Waals surface area (Å²) in [6.45, 7) is 8.79. The molecule has 1 saturated heterocycles. The van der Waals surface area contributed by atoms with Crippen molar-refractivity contribution in [3.8, 4) is 0 Å². The Morgan fingerprint density at radius 2 is 1.90 bits per heavy atom. The van der Waals surface area contributed by atoms with Gasteiger partial charge in [0, 0.05) is 31.1 Å². The number of hydrogen-bond acceptors (Lipinski definition) is 3. The van der Waals surface area contributed by atoms with E-state index >= 15 is 0 Å². The van der Waals surface area contributed by atoms with Crippen LogP contribution in [0.5, 0.6) is 0 Å². The third-order valence-electron chi connectivity index (χ3n) is 3.89. The lowest BCUT2D eigenvalue weighted by Crippen LogP contribution is -2.45. The van der Waals surface area contributed by atoms with Gasteiger partial charge >= 0.3 is 0 Å². The van der Waals surface area contributed by atoms with Gasteiger partial charge in [-0.15, -0.1) is 11.3 Å². The molecule has 106 valence electrons. The van der Waals surface area contributed by atoms with Gasteiger partial charge in [-0.3, -0.25) is 4.90 Å². The first-order valence-corrected chi connectivity index (χ1v) is 8.18. The summed E-state index contributed by atoms with van der Waals surface area (Å²) >= 11 is 1.89. The lowest BCUT2D eigenvalue weighted by atomic mass is 10.0. The summed E-state index contributed by atoms with van der Waals surface area (Å²) in [7, 11) is 0. The molecule has 0 aliphatic carbocycles. The summed E-state index contributed by atoms with van der Waals surface area (Å²) in [5, 5.41) is 5.72. The smallest absolute Gasteiger partial charge is 0.0697 e. The fraction of sp³-hybridized carbons (Fsp3) is 0.412. The van der Waals surface area contributed by atoms with Crippen molar-refractivity contribution in [1.82, 2.24) is 10.2 Å². The summed E-state index contributed by atoms with van der Waals surface area (Å²) < 4.78 is 0. The second-order valence-corrected chi connectivity index (χ2v) is 6.57. The monoisotopic (exact) mass is 286 g/mol. The predicted octanol–water partition coefficient (Wildman–Crippen LogP) is 3.36. The average molecular weight is 286 g/mol. The number of piperazine rings is 1. The van der Waals surface area contributed by atoms with Crippen molar-refractivity contribution < 1.29 is 0 Å². The summed E-state index contributed by atoms with van der Waals surface area (Å²) in [6.07, 6.45) is 0. The lowest BCUT2D eigenvalue weighted by molar-refractivity contribution is 0.200. The van der Waals surface area contributed by atoms with E-state index in [0.717, 1.165) is 26.2 Å². The summed E-state index contributed by atoms with van der Waals surface area (Å²) in [4.78, 5) is 4.08. The minimum absolute atomic E-state index is 0.413. The van der Waals surface area contributed by atoms with E-state index in [1.807, 2.05) is 11.3 Å². The zero-order valence-corrected chi connectivity index (χ0v) is 13.0. The van der Waals surface area contributed by atoms with Gasteiger partial charge in [0.25, 0.3) is 0 Å². The van der Waals surface area contributed by atoms with E-state index in [1.165, 1.54) is 21.6 Å². The summed E-state index contributed by atoms with van der Waals surface area (Å²) in [6, 6.07) is 11.7. The molecule has 1 fully saturated rings. The van der Waals surface area contributed by atoms with Crippen LogP contribution in [0.2, 0.25) is 0 Å². The highest BCUT2D eigenvalue weighted by Gasteiger charge is 2.24. The van der Waals surface area contributed by atoms with Crippen LogP contribution in [0.15, 0.2) is 35.7 Å². The molecule has 1 N–H and O–H groups in total. The molecule has 0 amide bonds. The molecule has 1 aromatic heterocycles. The van der Waals surface area contributed by atoms with Crippen molar-refractivity contribution in [1.29, 1.82) is 0 Å². The molecule has 0 spiro atoms. The van der Waals surface area contributed by atoms with Gasteiger partial charge in [0.15, 0.2) is 0 Å². The van der Waals surface area contributed by atoms with Crippen molar-refractivity contribution in [2.24, 2.45) is 0 Å². The quantitative estimate of drug-likeness (QED) is 0.931. The molecule has 0 radical (unpaired) electrons. The second-order valence-electron chi connectivity index (χ2n) is 5.63. The molecule has 1 atom stereocenters. The number of hydrogen-bond donors (Lipinski definition) is 1. The van der Waals surface area contributed by atoms with Crippen LogP contribution in [0.25, 0.3) is 0 Å². The predicted molar refractivity (Wildman–Crippen MR) is 86.5 cm³/mol. The number of nitrogens with one attached hydrogen (secondary N) is 1. The minimum Gasteiger partial charge on any atom is -0.314 e. The summed E-state index contributed by atoms with van der Waals surface area (Å²) in [5.41, 5.74) is 4.14. The zero-order valence-electron chi connectivity index (χ0n) is 12.2. The topological polar surface area (TPSA) is 15.3 Å². The number of aryl methyl sites for hydroxylation is 2. The van der Waals surface area contributed by atoms with Gasteiger partial charge in [-0.2, -0.15) is 0 Å². The number of nitrogens with zero attached hydrogens (tertiary/aromatic N) is 1. The maximum atomic E-state index is 3.45. The SMILES string of the molecule is Cc1cccc(C(c2cc(C)cs2)N2CCNCC2)c1. The molecule has 2 nitrogen and oxygen atoms in total. The summed E-state index contributed by atoms with van der Waals surface area (Å²) in [5.74, 6) is 0. The first kappa shape index (κ1) is 13.8.